The number of aromatic nitrogens is 1. The zero-order chi connectivity index (χ0) is 8.27. The van der Waals surface area contributed by atoms with Crippen molar-refractivity contribution in [2.45, 2.75) is 5.88 Å². The molecule has 0 aliphatic heterocycles. The van der Waals surface area contributed by atoms with E-state index in [2.05, 4.69) is 4.98 Å². The largest absolute Gasteiger partial charge is 0.363 e. The highest BCUT2D eigenvalue weighted by atomic mass is 35.5. The van der Waals surface area contributed by atoms with Crippen molar-refractivity contribution in [3.05, 3.63) is 34.0 Å². The molecule has 0 saturated heterocycles. The van der Waals surface area contributed by atoms with Gasteiger partial charge in [0.05, 0.1) is 0 Å². The van der Waals surface area contributed by atoms with Gasteiger partial charge in [-0.3, -0.25) is 0 Å². The molecule has 0 spiro atoms. The molecular weight excluding hydrogens is 168 g/mol. The van der Waals surface area contributed by atoms with Crippen molar-refractivity contribution in [2.24, 2.45) is 0 Å². The van der Waals surface area contributed by atoms with E-state index in [1.165, 1.54) is 12.3 Å². The standard InChI is InChI=1S/C6H5ClN2O2/c7-4-5-1-2-8-6(3-5)9(10)11/h1-3H,4H2. The third-order valence-electron chi connectivity index (χ3n) is 1.15. The van der Waals surface area contributed by atoms with Crippen LogP contribution in [0.4, 0.5) is 5.82 Å². The van der Waals surface area contributed by atoms with Gasteiger partial charge in [0, 0.05) is 11.9 Å². The van der Waals surface area contributed by atoms with Crippen LogP contribution in [0.5, 0.6) is 0 Å². The summed E-state index contributed by atoms with van der Waals surface area (Å²) < 4.78 is 0. The Bertz CT molecular complexity index is 277. The van der Waals surface area contributed by atoms with E-state index in [1.54, 1.807) is 6.07 Å². The molecule has 0 bridgehead atoms. The summed E-state index contributed by atoms with van der Waals surface area (Å²) in [5.74, 6) is 0.103. The van der Waals surface area contributed by atoms with E-state index < -0.39 is 4.92 Å². The number of pyridine rings is 1. The van der Waals surface area contributed by atoms with Gasteiger partial charge in [0.25, 0.3) is 0 Å². The van der Waals surface area contributed by atoms with E-state index in [-0.39, 0.29) is 11.7 Å². The van der Waals surface area contributed by atoms with Crippen LogP contribution in [0.1, 0.15) is 5.56 Å². The first-order chi connectivity index (χ1) is 5.24. The Morgan fingerprint density at radius 2 is 2.45 bits per heavy atom. The molecule has 58 valence electrons. The van der Waals surface area contributed by atoms with E-state index in [9.17, 15) is 10.1 Å². The summed E-state index contributed by atoms with van der Waals surface area (Å²) in [5, 5.41) is 10.2. The number of nitrogens with zero attached hydrogens (tertiary/aromatic N) is 2. The monoisotopic (exact) mass is 172 g/mol. The fourth-order valence-corrected chi connectivity index (χ4v) is 0.810. The average molecular weight is 173 g/mol. The Kier molecular flexibility index (Phi) is 2.38. The van der Waals surface area contributed by atoms with Gasteiger partial charge in [0.15, 0.2) is 0 Å². The van der Waals surface area contributed by atoms with Crippen molar-refractivity contribution in [2.75, 3.05) is 0 Å². The van der Waals surface area contributed by atoms with Crippen LogP contribution in [0.25, 0.3) is 0 Å². The van der Waals surface area contributed by atoms with E-state index in [0.717, 1.165) is 0 Å². The summed E-state index contributed by atoms with van der Waals surface area (Å²) in [4.78, 5) is 13.2. The van der Waals surface area contributed by atoms with Crippen molar-refractivity contribution < 1.29 is 4.92 Å². The quantitative estimate of drug-likeness (QED) is 0.388. The molecule has 5 heteroatoms. The Labute approximate surface area is 68.0 Å². The van der Waals surface area contributed by atoms with Crippen LogP contribution >= 0.6 is 11.6 Å². The van der Waals surface area contributed by atoms with Crippen LogP contribution in [0.15, 0.2) is 18.3 Å². The molecule has 0 N–H and O–H groups in total. The Morgan fingerprint density at radius 1 is 1.73 bits per heavy atom. The minimum Gasteiger partial charge on any atom is -0.358 e. The number of halogens is 1. The summed E-state index contributed by atoms with van der Waals surface area (Å²) >= 11 is 5.45. The van der Waals surface area contributed by atoms with Gasteiger partial charge in [-0.2, -0.15) is 0 Å². The zero-order valence-corrected chi connectivity index (χ0v) is 6.28. The number of hydrogen-bond acceptors (Lipinski definition) is 3. The predicted octanol–water partition coefficient (Wildman–Crippen LogP) is 1.73. The summed E-state index contributed by atoms with van der Waals surface area (Å²) in [6.07, 6.45) is 1.37. The smallest absolute Gasteiger partial charge is 0.358 e. The fourth-order valence-electron chi connectivity index (χ4n) is 0.644. The maximum absolute atomic E-state index is 10.2. The highest BCUT2D eigenvalue weighted by Gasteiger charge is 2.05. The molecule has 11 heavy (non-hydrogen) atoms. The van der Waals surface area contributed by atoms with E-state index >= 15 is 0 Å². The van der Waals surface area contributed by atoms with E-state index in [0.29, 0.717) is 5.56 Å². The lowest BCUT2D eigenvalue weighted by atomic mass is 10.3. The molecule has 4 nitrogen and oxygen atoms in total. The van der Waals surface area contributed by atoms with Crippen molar-refractivity contribution in [3.8, 4) is 0 Å². The summed E-state index contributed by atoms with van der Waals surface area (Å²) in [6.45, 7) is 0. The number of rotatable bonds is 2. The molecule has 0 radical (unpaired) electrons. The Hall–Kier alpha value is -1.16. The molecule has 1 heterocycles. The van der Waals surface area contributed by atoms with Crippen molar-refractivity contribution in [3.63, 3.8) is 0 Å². The second-order valence-corrected chi connectivity index (χ2v) is 2.18. The van der Waals surface area contributed by atoms with E-state index in [1.807, 2.05) is 0 Å². The van der Waals surface area contributed by atoms with Crippen molar-refractivity contribution in [1.29, 1.82) is 0 Å². The van der Waals surface area contributed by atoms with Gasteiger partial charge >= 0.3 is 5.82 Å². The van der Waals surface area contributed by atoms with Gasteiger partial charge in [-0.1, -0.05) is 0 Å². The molecule has 1 aromatic rings. The topological polar surface area (TPSA) is 56.0 Å². The van der Waals surface area contributed by atoms with Crippen LogP contribution in [0.3, 0.4) is 0 Å². The van der Waals surface area contributed by atoms with Gasteiger partial charge in [-0.05, 0) is 21.5 Å². The minimum absolute atomic E-state index is 0.164. The molecule has 0 fully saturated rings. The molecule has 0 aliphatic carbocycles. The third kappa shape index (κ3) is 1.88. The van der Waals surface area contributed by atoms with Crippen LogP contribution in [-0.4, -0.2) is 9.91 Å². The highest BCUT2D eigenvalue weighted by Crippen LogP contribution is 2.10. The second-order valence-electron chi connectivity index (χ2n) is 1.91. The van der Waals surface area contributed by atoms with Gasteiger partial charge in [0.1, 0.15) is 6.20 Å². The molecule has 0 aromatic carbocycles. The number of nitro groups is 1. The van der Waals surface area contributed by atoms with Crippen molar-refractivity contribution in [1.82, 2.24) is 4.98 Å². The molecule has 0 amide bonds. The zero-order valence-electron chi connectivity index (χ0n) is 5.53. The van der Waals surface area contributed by atoms with Crippen LogP contribution in [0, 0.1) is 10.1 Å². The fraction of sp³-hybridized carbons (Fsp3) is 0.167. The molecule has 1 rings (SSSR count). The predicted molar refractivity (Wildman–Crippen MR) is 40.4 cm³/mol. The van der Waals surface area contributed by atoms with Gasteiger partial charge < -0.3 is 10.1 Å². The third-order valence-corrected chi connectivity index (χ3v) is 1.46. The lowest BCUT2D eigenvalue weighted by Crippen LogP contribution is -1.92. The Morgan fingerprint density at radius 3 is 3.00 bits per heavy atom. The van der Waals surface area contributed by atoms with Crippen LogP contribution in [0.2, 0.25) is 0 Å². The first-order valence-electron chi connectivity index (χ1n) is 2.89. The first kappa shape index (κ1) is 7.94. The van der Waals surface area contributed by atoms with Gasteiger partial charge in [0.2, 0.25) is 0 Å². The average Bonchev–Trinajstić information content (AvgIpc) is 2.05. The summed E-state index contributed by atoms with van der Waals surface area (Å²) in [7, 11) is 0. The normalized spacial score (nSPS) is 9.55. The minimum atomic E-state index is -0.546. The maximum atomic E-state index is 10.2. The molecule has 0 saturated carbocycles. The molecule has 0 atom stereocenters. The SMILES string of the molecule is O=[N+]([O-])c1cc(CCl)ccn1. The maximum Gasteiger partial charge on any atom is 0.363 e. The van der Waals surface area contributed by atoms with Crippen LogP contribution < -0.4 is 0 Å². The summed E-state index contributed by atoms with van der Waals surface area (Å²) in [6, 6.07) is 2.99. The number of hydrogen-bond donors (Lipinski definition) is 0. The van der Waals surface area contributed by atoms with Gasteiger partial charge in [-0.15, -0.1) is 11.6 Å². The lowest BCUT2D eigenvalue weighted by Gasteiger charge is -1.92. The van der Waals surface area contributed by atoms with Crippen molar-refractivity contribution >= 4 is 17.4 Å². The molecule has 0 unspecified atom stereocenters. The lowest BCUT2D eigenvalue weighted by molar-refractivity contribution is -0.389. The van der Waals surface area contributed by atoms with Crippen LogP contribution in [-0.2, 0) is 5.88 Å². The van der Waals surface area contributed by atoms with Gasteiger partial charge in [-0.25, -0.2) is 0 Å². The molecule has 0 aliphatic rings. The molecule has 1 aromatic heterocycles. The second kappa shape index (κ2) is 3.30. The first-order valence-corrected chi connectivity index (χ1v) is 3.43. The van der Waals surface area contributed by atoms with E-state index in [4.69, 9.17) is 11.6 Å². The Balaban J connectivity index is 3.01. The highest BCUT2D eigenvalue weighted by molar-refractivity contribution is 6.17. The number of alkyl halides is 1. The molecular formula is C6H5ClN2O2. The summed E-state index contributed by atoms with van der Waals surface area (Å²) in [5.41, 5.74) is 0.702.